The Balaban J connectivity index is 1.46. The van der Waals surface area contributed by atoms with Crippen molar-refractivity contribution in [2.24, 2.45) is 0 Å². The Morgan fingerprint density at radius 1 is 1.06 bits per heavy atom. The fourth-order valence-electron chi connectivity index (χ4n) is 4.04. The van der Waals surface area contributed by atoms with Crippen LogP contribution >= 0.6 is 23.4 Å². The number of hydrogen-bond acceptors (Lipinski definition) is 4. The van der Waals surface area contributed by atoms with Crippen molar-refractivity contribution in [2.45, 2.75) is 35.3 Å². The van der Waals surface area contributed by atoms with Crippen LogP contribution in [-0.2, 0) is 11.3 Å². The van der Waals surface area contributed by atoms with Crippen LogP contribution in [0, 0.1) is 0 Å². The molecule has 0 N–H and O–H groups in total. The molecule has 5 rings (SSSR count). The van der Waals surface area contributed by atoms with Crippen LogP contribution in [0.2, 0.25) is 5.02 Å². The maximum Gasteiger partial charge on any atom is 0.446 e. The van der Waals surface area contributed by atoms with E-state index in [4.69, 9.17) is 11.6 Å². The van der Waals surface area contributed by atoms with Gasteiger partial charge in [0.25, 0.3) is 5.91 Å². The SMILES string of the molecule is O=C1N(c2ccc(SC(F)(F)F)cc2)C(=O)C2(CC2)N1Cc1ccnc2ccc(Cl)cc12. The summed E-state index contributed by atoms with van der Waals surface area (Å²) in [4.78, 5) is 33.4. The van der Waals surface area contributed by atoms with Crippen molar-refractivity contribution >= 4 is 51.9 Å². The molecule has 3 amide bonds. The van der Waals surface area contributed by atoms with Crippen LogP contribution in [-0.4, -0.2) is 32.9 Å². The van der Waals surface area contributed by atoms with Crippen molar-refractivity contribution in [1.29, 1.82) is 0 Å². The summed E-state index contributed by atoms with van der Waals surface area (Å²) in [6.45, 7) is 0.197. The van der Waals surface area contributed by atoms with Gasteiger partial charge in [0.1, 0.15) is 5.54 Å². The second kappa shape index (κ2) is 7.38. The molecule has 1 saturated carbocycles. The van der Waals surface area contributed by atoms with Crippen molar-refractivity contribution in [3.05, 3.63) is 65.3 Å². The monoisotopic (exact) mass is 477 g/mol. The van der Waals surface area contributed by atoms with Crippen LogP contribution in [0.15, 0.2) is 59.6 Å². The van der Waals surface area contributed by atoms with E-state index < -0.39 is 17.1 Å². The Bertz CT molecular complexity index is 1250. The minimum atomic E-state index is -4.41. The van der Waals surface area contributed by atoms with E-state index in [0.29, 0.717) is 17.9 Å². The highest BCUT2D eigenvalue weighted by molar-refractivity contribution is 8.00. The zero-order valence-corrected chi connectivity index (χ0v) is 18.0. The minimum Gasteiger partial charge on any atom is -0.305 e. The number of pyridine rings is 1. The molecule has 3 aromatic rings. The molecule has 2 heterocycles. The molecule has 1 aromatic heterocycles. The van der Waals surface area contributed by atoms with Gasteiger partial charge in [-0.25, -0.2) is 9.69 Å². The molecule has 10 heteroatoms. The van der Waals surface area contributed by atoms with Gasteiger partial charge in [-0.3, -0.25) is 9.78 Å². The summed E-state index contributed by atoms with van der Waals surface area (Å²) in [6, 6.07) is 11.8. The Morgan fingerprint density at radius 2 is 1.78 bits per heavy atom. The predicted octanol–water partition coefficient (Wildman–Crippen LogP) is 6.00. The molecule has 0 atom stereocenters. The van der Waals surface area contributed by atoms with Crippen molar-refractivity contribution in [3.8, 4) is 0 Å². The standard InChI is InChI=1S/C22H15ClF3N3O2S/c23-14-1-6-18-17(11-14)13(7-10-27-18)12-28-20(31)29(19(30)21(28)8-9-21)15-2-4-16(5-3-15)32-22(24,25)26/h1-7,10-11H,8-9,12H2. The van der Waals surface area contributed by atoms with Gasteiger partial charge >= 0.3 is 11.5 Å². The van der Waals surface area contributed by atoms with E-state index in [0.717, 1.165) is 21.4 Å². The quantitative estimate of drug-likeness (QED) is 0.341. The summed E-state index contributed by atoms with van der Waals surface area (Å²) in [5.41, 5.74) is -3.53. The van der Waals surface area contributed by atoms with Crippen molar-refractivity contribution < 1.29 is 22.8 Å². The summed E-state index contributed by atoms with van der Waals surface area (Å²) in [5, 5.41) is 1.33. The number of nitrogens with zero attached hydrogens (tertiary/aromatic N) is 3. The van der Waals surface area contributed by atoms with E-state index in [1.807, 2.05) is 0 Å². The van der Waals surface area contributed by atoms with Crippen LogP contribution in [0.25, 0.3) is 10.9 Å². The Kier molecular flexibility index (Phi) is 4.86. The third-order valence-electron chi connectivity index (χ3n) is 5.71. The van der Waals surface area contributed by atoms with Gasteiger partial charge in [0, 0.05) is 28.0 Å². The van der Waals surface area contributed by atoms with Crippen molar-refractivity contribution in [2.75, 3.05) is 4.90 Å². The number of benzene rings is 2. The number of urea groups is 1. The number of imide groups is 1. The van der Waals surface area contributed by atoms with Crippen LogP contribution in [0.3, 0.4) is 0 Å². The van der Waals surface area contributed by atoms with Gasteiger partial charge in [0.15, 0.2) is 0 Å². The molecule has 0 unspecified atom stereocenters. The highest BCUT2D eigenvalue weighted by Crippen LogP contribution is 2.50. The van der Waals surface area contributed by atoms with Crippen LogP contribution < -0.4 is 4.90 Å². The number of halogens is 4. The molecule has 1 saturated heterocycles. The number of anilines is 1. The van der Waals surface area contributed by atoms with E-state index >= 15 is 0 Å². The molecule has 2 fully saturated rings. The topological polar surface area (TPSA) is 53.5 Å². The number of alkyl halides is 3. The average molecular weight is 478 g/mol. The number of thioether (sulfide) groups is 1. The van der Waals surface area contributed by atoms with Crippen LogP contribution in [0.5, 0.6) is 0 Å². The normalized spacial score (nSPS) is 17.6. The lowest BCUT2D eigenvalue weighted by Gasteiger charge is -2.22. The Labute approximate surface area is 190 Å². The highest BCUT2D eigenvalue weighted by atomic mass is 35.5. The predicted molar refractivity (Wildman–Crippen MR) is 115 cm³/mol. The first kappa shape index (κ1) is 21.1. The summed E-state index contributed by atoms with van der Waals surface area (Å²) in [6.07, 6.45) is 2.72. The second-order valence-electron chi connectivity index (χ2n) is 7.71. The molecule has 1 aliphatic carbocycles. The largest absolute Gasteiger partial charge is 0.446 e. The highest BCUT2D eigenvalue weighted by Gasteiger charge is 2.65. The third-order valence-corrected chi connectivity index (χ3v) is 6.69. The summed E-state index contributed by atoms with van der Waals surface area (Å²) < 4.78 is 37.8. The number of carbonyl (C=O) groups excluding carboxylic acids is 2. The maximum absolute atomic E-state index is 13.3. The number of hydrogen-bond donors (Lipinski definition) is 0. The van der Waals surface area contributed by atoms with Crippen LogP contribution in [0.4, 0.5) is 23.7 Å². The zero-order chi connectivity index (χ0) is 22.7. The Morgan fingerprint density at radius 3 is 2.44 bits per heavy atom. The van der Waals surface area contributed by atoms with Crippen molar-refractivity contribution in [1.82, 2.24) is 9.88 Å². The van der Waals surface area contributed by atoms with Crippen molar-refractivity contribution in [3.63, 3.8) is 0 Å². The van der Waals surface area contributed by atoms with E-state index in [1.54, 1.807) is 35.4 Å². The number of rotatable bonds is 4. The fourth-order valence-corrected chi connectivity index (χ4v) is 4.76. The van der Waals surface area contributed by atoms with Gasteiger partial charge in [-0.1, -0.05) is 11.6 Å². The Hall–Kier alpha value is -2.78. The van der Waals surface area contributed by atoms with Gasteiger partial charge in [-0.15, -0.1) is 0 Å². The first-order valence-corrected chi connectivity index (χ1v) is 10.9. The first-order valence-electron chi connectivity index (χ1n) is 9.73. The van der Waals surface area contributed by atoms with Crippen LogP contribution in [0.1, 0.15) is 18.4 Å². The van der Waals surface area contributed by atoms with Gasteiger partial charge in [0.2, 0.25) is 0 Å². The third kappa shape index (κ3) is 3.59. The molecule has 2 aromatic carbocycles. The van der Waals surface area contributed by atoms with E-state index in [-0.39, 0.29) is 34.8 Å². The maximum atomic E-state index is 13.3. The van der Waals surface area contributed by atoms with Gasteiger partial charge in [0.05, 0.1) is 11.2 Å². The average Bonchev–Trinajstić information content (AvgIpc) is 3.50. The summed E-state index contributed by atoms with van der Waals surface area (Å²) in [7, 11) is 0. The molecule has 1 spiro atoms. The lowest BCUT2D eigenvalue weighted by Crippen LogP contribution is -2.36. The summed E-state index contributed by atoms with van der Waals surface area (Å²) in [5.74, 6) is -0.352. The summed E-state index contributed by atoms with van der Waals surface area (Å²) >= 11 is 5.90. The number of aromatic nitrogens is 1. The van der Waals surface area contributed by atoms with E-state index in [9.17, 15) is 22.8 Å². The smallest absolute Gasteiger partial charge is 0.305 e. The van der Waals surface area contributed by atoms with Gasteiger partial charge < -0.3 is 4.90 Å². The number of carbonyl (C=O) groups is 2. The molecular formula is C22H15ClF3N3O2S. The molecule has 1 aliphatic heterocycles. The molecule has 2 aliphatic rings. The number of amides is 3. The lowest BCUT2D eigenvalue weighted by molar-refractivity contribution is -0.120. The molecular weight excluding hydrogens is 463 g/mol. The van der Waals surface area contributed by atoms with E-state index in [2.05, 4.69) is 4.98 Å². The van der Waals surface area contributed by atoms with Gasteiger partial charge in [-0.2, -0.15) is 13.2 Å². The molecule has 164 valence electrons. The minimum absolute atomic E-state index is 0.0153. The molecule has 0 radical (unpaired) electrons. The zero-order valence-electron chi connectivity index (χ0n) is 16.4. The first-order chi connectivity index (χ1) is 15.2. The second-order valence-corrected chi connectivity index (χ2v) is 9.29. The number of fused-ring (bicyclic) bond motifs is 1. The molecule has 32 heavy (non-hydrogen) atoms. The van der Waals surface area contributed by atoms with E-state index in [1.165, 1.54) is 24.3 Å². The van der Waals surface area contributed by atoms with Gasteiger partial charge in [-0.05, 0) is 78.7 Å². The fraction of sp³-hybridized carbons (Fsp3) is 0.227. The lowest BCUT2D eigenvalue weighted by atomic mass is 10.1. The molecule has 0 bridgehead atoms. The molecule has 5 nitrogen and oxygen atoms in total.